The molecule has 0 saturated carbocycles. The van der Waals surface area contributed by atoms with E-state index in [4.69, 9.17) is 21.1 Å². The topological polar surface area (TPSA) is 42.8 Å². The van der Waals surface area contributed by atoms with Crippen LogP contribution in [0.15, 0.2) is 46.0 Å². The number of benzene rings is 2. The van der Waals surface area contributed by atoms with E-state index in [0.29, 0.717) is 23.1 Å². The zero-order valence-electron chi connectivity index (χ0n) is 12.3. The minimum Gasteiger partial charge on any atom is -0.493 e. The number of anilines is 1. The lowest BCUT2D eigenvalue weighted by Crippen LogP contribution is -1.98. The molecule has 4 nitrogen and oxygen atoms in total. The van der Waals surface area contributed by atoms with Crippen molar-refractivity contribution in [3.05, 3.63) is 51.5 Å². The fourth-order valence-corrected chi connectivity index (χ4v) is 2.33. The van der Waals surface area contributed by atoms with Crippen molar-refractivity contribution >= 4 is 39.4 Å². The molecule has 0 bridgehead atoms. The summed E-state index contributed by atoms with van der Waals surface area (Å²) in [7, 11) is 1.61. The first kappa shape index (κ1) is 16.6. The highest BCUT2D eigenvalue weighted by Gasteiger charge is 2.08. The molecule has 0 unspecified atom stereocenters. The number of nitrogens with zero attached hydrogens (tertiary/aromatic N) is 1. The first-order valence-electron chi connectivity index (χ1n) is 6.69. The molecule has 1 N–H and O–H groups in total. The second kappa shape index (κ2) is 8.06. The standard InChI is InChI=1S/C16H16BrClN2O2/c1-3-22-16-8-11(14(17)9-15(16)21-2)10-19-20-13-6-4-12(18)5-7-13/h4-10,20H,3H2,1-2H3. The van der Waals surface area contributed by atoms with Gasteiger partial charge in [-0.1, -0.05) is 11.6 Å². The van der Waals surface area contributed by atoms with Crippen LogP contribution in [0.4, 0.5) is 5.69 Å². The molecule has 0 fully saturated rings. The monoisotopic (exact) mass is 382 g/mol. The molecule has 116 valence electrons. The van der Waals surface area contributed by atoms with Gasteiger partial charge in [0.05, 0.1) is 25.6 Å². The van der Waals surface area contributed by atoms with Crippen molar-refractivity contribution in [1.29, 1.82) is 0 Å². The first-order valence-corrected chi connectivity index (χ1v) is 7.86. The van der Waals surface area contributed by atoms with Gasteiger partial charge in [0.2, 0.25) is 0 Å². The number of hydrogen-bond donors (Lipinski definition) is 1. The van der Waals surface area contributed by atoms with E-state index < -0.39 is 0 Å². The minimum absolute atomic E-state index is 0.567. The highest BCUT2D eigenvalue weighted by molar-refractivity contribution is 9.10. The Bertz CT molecular complexity index is 660. The maximum absolute atomic E-state index is 5.84. The van der Waals surface area contributed by atoms with Gasteiger partial charge in [-0.25, -0.2) is 0 Å². The smallest absolute Gasteiger partial charge is 0.161 e. The van der Waals surface area contributed by atoms with Crippen molar-refractivity contribution < 1.29 is 9.47 Å². The molecule has 2 aromatic rings. The number of ether oxygens (including phenoxy) is 2. The van der Waals surface area contributed by atoms with E-state index in [1.807, 2.05) is 31.2 Å². The van der Waals surface area contributed by atoms with Gasteiger partial charge in [-0.05, 0) is 59.3 Å². The Labute approximate surface area is 143 Å². The summed E-state index contributed by atoms with van der Waals surface area (Å²) >= 11 is 9.34. The van der Waals surface area contributed by atoms with Crippen LogP contribution in [0.3, 0.4) is 0 Å². The average molecular weight is 384 g/mol. The van der Waals surface area contributed by atoms with Crippen molar-refractivity contribution in [2.75, 3.05) is 19.1 Å². The third-order valence-electron chi connectivity index (χ3n) is 2.82. The van der Waals surface area contributed by atoms with Crippen molar-refractivity contribution in [1.82, 2.24) is 0 Å². The predicted molar refractivity (Wildman–Crippen MR) is 94.5 cm³/mol. The number of halogens is 2. The molecule has 2 rings (SSSR count). The van der Waals surface area contributed by atoms with Gasteiger partial charge >= 0.3 is 0 Å². The van der Waals surface area contributed by atoms with Gasteiger partial charge in [-0.2, -0.15) is 5.10 Å². The first-order chi connectivity index (χ1) is 10.6. The summed E-state index contributed by atoms with van der Waals surface area (Å²) in [6.07, 6.45) is 1.71. The Balaban J connectivity index is 2.15. The van der Waals surface area contributed by atoms with Gasteiger partial charge in [0.25, 0.3) is 0 Å². The van der Waals surface area contributed by atoms with Crippen molar-refractivity contribution in [3.63, 3.8) is 0 Å². The van der Waals surface area contributed by atoms with Crippen molar-refractivity contribution in [2.24, 2.45) is 5.10 Å². The molecule has 6 heteroatoms. The van der Waals surface area contributed by atoms with Gasteiger partial charge in [0.1, 0.15) is 0 Å². The Hall–Kier alpha value is -1.72. The Morgan fingerprint density at radius 1 is 1.23 bits per heavy atom. The zero-order chi connectivity index (χ0) is 15.9. The van der Waals surface area contributed by atoms with Gasteiger partial charge in [0, 0.05) is 15.1 Å². The van der Waals surface area contributed by atoms with E-state index in [2.05, 4.69) is 26.5 Å². The van der Waals surface area contributed by atoms with Gasteiger partial charge in [-0.15, -0.1) is 0 Å². The predicted octanol–water partition coefficient (Wildman–Crippen LogP) is 4.96. The van der Waals surface area contributed by atoms with Crippen LogP contribution >= 0.6 is 27.5 Å². The molecule has 0 aliphatic rings. The van der Waals surface area contributed by atoms with Gasteiger partial charge in [0.15, 0.2) is 11.5 Å². The van der Waals surface area contributed by atoms with Crippen LogP contribution in [0, 0.1) is 0 Å². The number of hydrogen-bond acceptors (Lipinski definition) is 4. The molecule has 0 aliphatic carbocycles. The fourth-order valence-electron chi connectivity index (χ4n) is 1.78. The Morgan fingerprint density at radius 2 is 1.95 bits per heavy atom. The quantitative estimate of drug-likeness (QED) is 0.566. The normalized spacial score (nSPS) is 10.7. The molecule has 2 aromatic carbocycles. The molecular weight excluding hydrogens is 368 g/mol. The van der Waals surface area contributed by atoms with E-state index in [9.17, 15) is 0 Å². The van der Waals surface area contributed by atoms with Crippen LogP contribution in [0.5, 0.6) is 11.5 Å². The lowest BCUT2D eigenvalue weighted by Gasteiger charge is -2.11. The molecule has 0 heterocycles. The largest absolute Gasteiger partial charge is 0.493 e. The Morgan fingerprint density at radius 3 is 2.59 bits per heavy atom. The second-order valence-corrected chi connectivity index (χ2v) is 5.63. The molecule has 0 saturated heterocycles. The van der Waals surface area contributed by atoms with E-state index in [0.717, 1.165) is 15.7 Å². The molecule has 0 radical (unpaired) electrons. The van der Waals surface area contributed by atoms with E-state index in [1.165, 1.54) is 0 Å². The summed E-state index contributed by atoms with van der Waals surface area (Å²) in [5.74, 6) is 1.36. The highest BCUT2D eigenvalue weighted by atomic mass is 79.9. The van der Waals surface area contributed by atoms with Crippen molar-refractivity contribution in [3.8, 4) is 11.5 Å². The molecule has 0 aliphatic heterocycles. The molecule has 22 heavy (non-hydrogen) atoms. The lowest BCUT2D eigenvalue weighted by atomic mass is 10.2. The molecule has 0 aromatic heterocycles. The van der Waals surface area contributed by atoms with E-state index in [-0.39, 0.29) is 0 Å². The van der Waals surface area contributed by atoms with Crippen LogP contribution in [-0.4, -0.2) is 19.9 Å². The number of hydrazone groups is 1. The van der Waals surface area contributed by atoms with Gasteiger partial charge < -0.3 is 9.47 Å². The number of nitrogens with one attached hydrogen (secondary N) is 1. The maximum atomic E-state index is 5.84. The maximum Gasteiger partial charge on any atom is 0.161 e. The SMILES string of the molecule is CCOc1cc(C=NNc2ccc(Cl)cc2)c(Br)cc1OC. The number of methoxy groups -OCH3 is 1. The third kappa shape index (κ3) is 4.39. The summed E-state index contributed by atoms with van der Waals surface area (Å²) in [6, 6.07) is 11.0. The summed E-state index contributed by atoms with van der Waals surface area (Å²) in [5, 5.41) is 4.90. The molecule has 0 atom stereocenters. The van der Waals surface area contributed by atoms with Crippen LogP contribution in [-0.2, 0) is 0 Å². The molecule has 0 amide bonds. The van der Waals surface area contributed by atoms with Crippen LogP contribution in [0.1, 0.15) is 12.5 Å². The minimum atomic E-state index is 0.567. The van der Waals surface area contributed by atoms with Crippen LogP contribution < -0.4 is 14.9 Å². The lowest BCUT2D eigenvalue weighted by molar-refractivity contribution is 0.311. The highest BCUT2D eigenvalue weighted by Crippen LogP contribution is 2.32. The molecular formula is C16H16BrClN2O2. The van der Waals surface area contributed by atoms with E-state index >= 15 is 0 Å². The van der Waals surface area contributed by atoms with Crippen molar-refractivity contribution in [2.45, 2.75) is 6.92 Å². The summed E-state index contributed by atoms with van der Waals surface area (Å²) < 4.78 is 11.7. The summed E-state index contributed by atoms with van der Waals surface area (Å²) in [4.78, 5) is 0. The summed E-state index contributed by atoms with van der Waals surface area (Å²) in [6.45, 7) is 2.49. The fraction of sp³-hybridized carbons (Fsp3) is 0.188. The van der Waals surface area contributed by atoms with E-state index in [1.54, 1.807) is 25.5 Å². The zero-order valence-corrected chi connectivity index (χ0v) is 14.6. The van der Waals surface area contributed by atoms with Crippen LogP contribution in [0.25, 0.3) is 0 Å². The second-order valence-electron chi connectivity index (χ2n) is 4.33. The third-order valence-corrected chi connectivity index (χ3v) is 3.76. The Kier molecular flexibility index (Phi) is 6.10. The van der Waals surface area contributed by atoms with Crippen LogP contribution in [0.2, 0.25) is 5.02 Å². The molecule has 0 spiro atoms. The van der Waals surface area contributed by atoms with Gasteiger partial charge in [-0.3, -0.25) is 5.43 Å². The summed E-state index contributed by atoms with van der Waals surface area (Å²) in [5.41, 5.74) is 4.68. The average Bonchev–Trinajstić information content (AvgIpc) is 2.52. The number of rotatable bonds is 6.